The van der Waals surface area contributed by atoms with E-state index < -0.39 is 0 Å². The van der Waals surface area contributed by atoms with E-state index >= 15 is 0 Å². The first-order valence-electron chi connectivity index (χ1n) is 7.75. The van der Waals surface area contributed by atoms with E-state index in [0.29, 0.717) is 11.5 Å². The van der Waals surface area contributed by atoms with Crippen molar-refractivity contribution in [2.45, 2.75) is 91.0 Å². The summed E-state index contributed by atoms with van der Waals surface area (Å²) in [5.74, 6) is 0.919. The van der Waals surface area contributed by atoms with Gasteiger partial charge in [-0.05, 0) is 37.0 Å². The van der Waals surface area contributed by atoms with E-state index in [-0.39, 0.29) is 0 Å². The highest BCUT2D eigenvalue weighted by Gasteiger charge is 2.18. The van der Waals surface area contributed by atoms with Crippen molar-refractivity contribution >= 4 is 0 Å². The molecule has 0 saturated heterocycles. The maximum absolute atomic E-state index is 6.18. The van der Waals surface area contributed by atoms with Gasteiger partial charge in [-0.3, -0.25) is 0 Å². The quantitative estimate of drug-likeness (QED) is 0.640. The summed E-state index contributed by atoms with van der Waals surface area (Å²) in [6.07, 6.45) is 13.5. The van der Waals surface area contributed by atoms with Crippen molar-refractivity contribution in [1.82, 2.24) is 0 Å². The van der Waals surface area contributed by atoms with Crippen LogP contribution in [0.3, 0.4) is 0 Å². The van der Waals surface area contributed by atoms with Crippen LogP contribution in [0.1, 0.15) is 85.0 Å². The first kappa shape index (κ1) is 15.0. The molecule has 0 aromatic carbocycles. The van der Waals surface area contributed by atoms with Crippen LogP contribution in [0.4, 0.5) is 0 Å². The van der Waals surface area contributed by atoms with Crippen molar-refractivity contribution < 1.29 is 0 Å². The first-order valence-corrected chi connectivity index (χ1v) is 7.75. The lowest BCUT2D eigenvalue weighted by Gasteiger charge is -2.25. The van der Waals surface area contributed by atoms with Crippen LogP contribution in [0.2, 0.25) is 0 Å². The van der Waals surface area contributed by atoms with E-state index in [9.17, 15) is 0 Å². The summed E-state index contributed by atoms with van der Waals surface area (Å²) in [5, 5.41) is 0. The predicted octanol–water partition coefficient (Wildman–Crippen LogP) is 4.89. The fourth-order valence-corrected chi connectivity index (χ4v) is 3.08. The minimum Gasteiger partial charge on any atom is -0.328 e. The zero-order valence-corrected chi connectivity index (χ0v) is 12.3. The third-order valence-corrected chi connectivity index (χ3v) is 4.50. The highest BCUT2D eigenvalue weighted by atomic mass is 14.6. The Morgan fingerprint density at radius 2 is 1.29 bits per heavy atom. The van der Waals surface area contributed by atoms with Crippen molar-refractivity contribution in [3.8, 4) is 0 Å². The molecule has 0 bridgehead atoms. The van der Waals surface area contributed by atoms with Crippen LogP contribution < -0.4 is 5.73 Å². The molecule has 0 radical (unpaired) electrons. The summed E-state index contributed by atoms with van der Waals surface area (Å²) in [4.78, 5) is 0. The fraction of sp³-hybridized carbons (Fsp3) is 1.00. The predicted molar refractivity (Wildman–Crippen MR) is 77.1 cm³/mol. The molecule has 2 atom stereocenters. The van der Waals surface area contributed by atoms with E-state index in [0.717, 1.165) is 5.92 Å². The second-order valence-corrected chi connectivity index (χ2v) is 7.10. The molecule has 1 aliphatic carbocycles. The van der Waals surface area contributed by atoms with Gasteiger partial charge in [0.2, 0.25) is 0 Å². The van der Waals surface area contributed by atoms with Gasteiger partial charge in [0.15, 0.2) is 0 Å². The highest BCUT2D eigenvalue weighted by molar-refractivity contribution is 4.72. The molecule has 1 fully saturated rings. The number of hydrogen-bond acceptors (Lipinski definition) is 1. The molecule has 1 saturated carbocycles. The lowest BCUT2D eigenvalue weighted by molar-refractivity contribution is 0.274. The van der Waals surface area contributed by atoms with Crippen LogP contribution in [0.5, 0.6) is 0 Å². The molecule has 0 aromatic heterocycles. The average molecular weight is 239 g/mol. The number of nitrogens with two attached hydrogens (primary N) is 1. The van der Waals surface area contributed by atoms with Gasteiger partial charge in [-0.15, -0.1) is 0 Å². The first-order chi connectivity index (χ1) is 7.99. The Hall–Kier alpha value is -0.0400. The van der Waals surface area contributed by atoms with Crippen molar-refractivity contribution in [2.75, 3.05) is 0 Å². The van der Waals surface area contributed by atoms with E-state index in [1.807, 2.05) is 0 Å². The zero-order chi connectivity index (χ0) is 12.7. The monoisotopic (exact) mass is 239 g/mol. The van der Waals surface area contributed by atoms with Gasteiger partial charge in [0.05, 0.1) is 0 Å². The molecule has 0 aliphatic heterocycles. The second kappa shape index (κ2) is 7.41. The van der Waals surface area contributed by atoms with Crippen LogP contribution in [-0.4, -0.2) is 6.04 Å². The van der Waals surface area contributed by atoms with Crippen LogP contribution in [0.25, 0.3) is 0 Å². The largest absolute Gasteiger partial charge is 0.328 e. The molecular formula is C16H33N. The average Bonchev–Trinajstić information content (AvgIpc) is 2.23. The Bertz CT molecular complexity index is 178. The van der Waals surface area contributed by atoms with Crippen molar-refractivity contribution in [2.24, 2.45) is 17.1 Å². The Kier molecular flexibility index (Phi) is 6.54. The molecule has 102 valence electrons. The smallest absolute Gasteiger partial charge is 0.00388 e. The summed E-state index contributed by atoms with van der Waals surface area (Å²) in [5.41, 5.74) is 6.71. The third-order valence-electron chi connectivity index (χ3n) is 4.50. The minimum absolute atomic E-state index is 0.460. The van der Waals surface area contributed by atoms with Gasteiger partial charge >= 0.3 is 0 Å². The Balaban J connectivity index is 2.41. The summed E-state index contributed by atoms with van der Waals surface area (Å²) in [6.45, 7) is 7.29. The summed E-state index contributed by atoms with van der Waals surface area (Å²) < 4.78 is 0. The lowest BCUT2D eigenvalue weighted by Crippen LogP contribution is -2.20. The molecule has 1 nitrogen and oxygen atoms in total. The van der Waals surface area contributed by atoms with Crippen molar-refractivity contribution in [3.05, 3.63) is 0 Å². The number of rotatable bonds is 0. The van der Waals surface area contributed by atoms with Gasteiger partial charge in [0.1, 0.15) is 0 Å². The molecule has 1 heteroatoms. The summed E-state index contributed by atoms with van der Waals surface area (Å²) in [7, 11) is 0. The standard InChI is InChI=1S/C16H33N/c1-14-8-4-5-10-15(17)11-7-13-16(2,3)12-6-9-14/h14-15H,4-13,17H2,1-3H3. The molecule has 1 aliphatic rings. The molecule has 0 heterocycles. The summed E-state index contributed by atoms with van der Waals surface area (Å²) >= 11 is 0. The van der Waals surface area contributed by atoms with Gasteiger partial charge in [-0.2, -0.15) is 0 Å². The van der Waals surface area contributed by atoms with Gasteiger partial charge in [-0.1, -0.05) is 59.3 Å². The van der Waals surface area contributed by atoms with E-state index in [2.05, 4.69) is 20.8 Å². The molecule has 17 heavy (non-hydrogen) atoms. The molecule has 0 amide bonds. The van der Waals surface area contributed by atoms with Gasteiger partial charge in [0.25, 0.3) is 0 Å². The van der Waals surface area contributed by atoms with Gasteiger partial charge in [0, 0.05) is 6.04 Å². The Labute approximate surface area is 109 Å². The second-order valence-electron chi connectivity index (χ2n) is 7.10. The summed E-state index contributed by atoms with van der Waals surface area (Å²) in [6, 6.07) is 0.460. The maximum atomic E-state index is 6.18. The van der Waals surface area contributed by atoms with Crippen LogP contribution >= 0.6 is 0 Å². The van der Waals surface area contributed by atoms with Crippen LogP contribution in [-0.2, 0) is 0 Å². The maximum Gasteiger partial charge on any atom is 0.00388 e. The molecule has 0 aromatic rings. The zero-order valence-electron chi connectivity index (χ0n) is 12.3. The molecule has 0 spiro atoms. The van der Waals surface area contributed by atoms with E-state index in [1.165, 1.54) is 64.2 Å². The van der Waals surface area contributed by atoms with E-state index in [1.54, 1.807) is 0 Å². The lowest BCUT2D eigenvalue weighted by atomic mass is 9.81. The van der Waals surface area contributed by atoms with Crippen molar-refractivity contribution in [1.29, 1.82) is 0 Å². The molecular weight excluding hydrogens is 206 g/mol. The van der Waals surface area contributed by atoms with Crippen LogP contribution in [0, 0.1) is 11.3 Å². The Morgan fingerprint density at radius 1 is 0.824 bits per heavy atom. The minimum atomic E-state index is 0.460. The molecule has 2 unspecified atom stereocenters. The highest BCUT2D eigenvalue weighted by Crippen LogP contribution is 2.31. The fourth-order valence-electron chi connectivity index (χ4n) is 3.08. The molecule has 1 rings (SSSR count). The normalized spacial score (nSPS) is 33.2. The Morgan fingerprint density at radius 3 is 2.00 bits per heavy atom. The SMILES string of the molecule is CC1CCCCC(N)CCCC(C)(C)CCC1. The molecule has 2 N–H and O–H groups in total. The number of hydrogen-bond donors (Lipinski definition) is 1. The third kappa shape index (κ3) is 7.08. The van der Waals surface area contributed by atoms with Gasteiger partial charge < -0.3 is 5.73 Å². The van der Waals surface area contributed by atoms with Crippen molar-refractivity contribution in [3.63, 3.8) is 0 Å². The topological polar surface area (TPSA) is 26.0 Å². The van der Waals surface area contributed by atoms with Gasteiger partial charge in [-0.25, -0.2) is 0 Å². The van der Waals surface area contributed by atoms with Crippen LogP contribution in [0.15, 0.2) is 0 Å². The van der Waals surface area contributed by atoms with E-state index in [4.69, 9.17) is 5.73 Å².